The predicted octanol–water partition coefficient (Wildman–Crippen LogP) is 7.92. The summed E-state index contributed by atoms with van der Waals surface area (Å²) in [5.74, 6) is -0.956. The molecule has 0 bridgehead atoms. The number of nitrogens with zero attached hydrogens (tertiary/aromatic N) is 3. The van der Waals surface area contributed by atoms with Gasteiger partial charge in [0.15, 0.2) is 5.82 Å². The summed E-state index contributed by atoms with van der Waals surface area (Å²) >= 11 is 0. The van der Waals surface area contributed by atoms with E-state index in [1.807, 2.05) is 0 Å². The maximum absolute atomic E-state index is 13.6. The van der Waals surface area contributed by atoms with Gasteiger partial charge in [-0.2, -0.15) is 54.5 Å². The van der Waals surface area contributed by atoms with Crippen LogP contribution in [0.1, 0.15) is 22.3 Å². The van der Waals surface area contributed by atoms with Gasteiger partial charge in [-0.3, -0.25) is 0 Å². The quantitative estimate of drug-likeness (QED) is 0.244. The predicted molar refractivity (Wildman–Crippen MR) is 121 cm³/mol. The van der Waals surface area contributed by atoms with Gasteiger partial charge in [-0.25, -0.2) is 0 Å². The van der Waals surface area contributed by atoms with E-state index in [0.717, 1.165) is 54.6 Å². The number of aromatic nitrogens is 3. The summed E-state index contributed by atoms with van der Waals surface area (Å²) in [5, 5.41) is 2.55. The smallest absolute Gasteiger partial charge is 0.417 e. The van der Waals surface area contributed by atoms with Crippen molar-refractivity contribution >= 4 is 11.6 Å². The Balaban J connectivity index is 1.73. The lowest BCUT2D eigenvalue weighted by atomic mass is 10.1. The zero-order valence-electron chi connectivity index (χ0n) is 19.3. The van der Waals surface area contributed by atoms with Crippen LogP contribution in [-0.2, 0) is 25.1 Å². The van der Waals surface area contributed by atoms with Crippen LogP contribution in [0.5, 0.6) is 6.01 Å². The number of halogens is 9. The first-order chi connectivity index (χ1) is 18.2. The molecule has 0 atom stereocenters. The Morgan fingerprint density at radius 3 is 1.82 bits per heavy atom. The molecule has 1 heterocycles. The van der Waals surface area contributed by atoms with Crippen molar-refractivity contribution in [2.24, 2.45) is 0 Å². The lowest BCUT2D eigenvalue weighted by Gasteiger charge is -2.15. The van der Waals surface area contributed by atoms with Gasteiger partial charge in [-0.1, -0.05) is 36.4 Å². The standard InChI is InChI=1S/C25H15F9N4O/c26-23(27,28)15-9-11-16(12-10-15)35-21-36-20(17-6-2-4-8-19(17)25(32,33)34)37-22(38-21)39-13-14-5-1-3-7-18(14)24(29,30)31/h1-12H,13H2,(H,35,36,37,38). The fraction of sp³-hybridized carbons (Fsp3) is 0.160. The van der Waals surface area contributed by atoms with Crippen molar-refractivity contribution in [2.75, 3.05) is 5.32 Å². The zero-order valence-corrected chi connectivity index (χ0v) is 19.3. The van der Waals surface area contributed by atoms with E-state index in [1.54, 1.807) is 0 Å². The van der Waals surface area contributed by atoms with Gasteiger partial charge in [-0.15, -0.1) is 0 Å². The Morgan fingerprint density at radius 1 is 0.615 bits per heavy atom. The Labute approximate surface area is 214 Å². The van der Waals surface area contributed by atoms with Crippen LogP contribution in [0.2, 0.25) is 0 Å². The number of hydrogen-bond donors (Lipinski definition) is 1. The highest BCUT2D eigenvalue weighted by molar-refractivity contribution is 5.64. The van der Waals surface area contributed by atoms with Crippen molar-refractivity contribution in [1.82, 2.24) is 15.0 Å². The van der Waals surface area contributed by atoms with Gasteiger partial charge in [0.2, 0.25) is 5.95 Å². The molecular weight excluding hydrogens is 543 g/mol. The largest absolute Gasteiger partial charge is 0.458 e. The summed E-state index contributed by atoms with van der Waals surface area (Å²) in [6.45, 7) is -0.695. The van der Waals surface area contributed by atoms with E-state index in [-0.39, 0.29) is 11.3 Å². The molecule has 1 N–H and O–H groups in total. The van der Waals surface area contributed by atoms with E-state index < -0.39 is 65.2 Å². The molecule has 204 valence electrons. The van der Waals surface area contributed by atoms with E-state index in [1.165, 1.54) is 18.2 Å². The van der Waals surface area contributed by atoms with Crippen molar-refractivity contribution in [3.63, 3.8) is 0 Å². The summed E-state index contributed by atoms with van der Waals surface area (Å²) in [6, 6.07) is 11.7. The second kappa shape index (κ2) is 10.4. The second-order valence-corrected chi connectivity index (χ2v) is 7.95. The molecule has 0 aliphatic carbocycles. The second-order valence-electron chi connectivity index (χ2n) is 7.95. The molecule has 39 heavy (non-hydrogen) atoms. The minimum atomic E-state index is -4.81. The van der Waals surface area contributed by atoms with Gasteiger partial charge in [0.25, 0.3) is 0 Å². The molecule has 1 aromatic heterocycles. The molecule has 5 nitrogen and oxygen atoms in total. The third-order valence-corrected chi connectivity index (χ3v) is 5.24. The summed E-state index contributed by atoms with van der Waals surface area (Å²) in [6.07, 6.45) is -14.1. The average molecular weight is 558 g/mol. The number of anilines is 2. The first kappa shape index (κ1) is 27.7. The highest BCUT2D eigenvalue weighted by atomic mass is 19.4. The maximum atomic E-state index is 13.6. The number of ether oxygens (including phenoxy) is 1. The first-order valence-corrected chi connectivity index (χ1v) is 10.9. The van der Waals surface area contributed by atoms with E-state index in [0.29, 0.717) is 0 Å². The monoisotopic (exact) mass is 558 g/mol. The number of hydrogen-bond acceptors (Lipinski definition) is 5. The van der Waals surface area contributed by atoms with E-state index in [2.05, 4.69) is 20.3 Å². The van der Waals surface area contributed by atoms with Crippen LogP contribution in [0.15, 0.2) is 72.8 Å². The van der Waals surface area contributed by atoms with Gasteiger partial charge in [0, 0.05) is 16.8 Å². The Bertz CT molecular complexity index is 1450. The highest BCUT2D eigenvalue weighted by Gasteiger charge is 2.35. The molecule has 0 aliphatic heterocycles. The van der Waals surface area contributed by atoms with Crippen LogP contribution in [0.4, 0.5) is 51.1 Å². The molecule has 0 fully saturated rings. The summed E-state index contributed by atoms with van der Waals surface area (Å²) in [4.78, 5) is 11.7. The fourth-order valence-electron chi connectivity index (χ4n) is 3.46. The third kappa shape index (κ3) is 6.75. The number of rotatable bonds is 6. The molecule has 4 rings (SSSR count). The van der Waals surface area contributed by atoms with Crippen molar-refractivity contribution in [2.45, 2.75) is 25.1 Å². The average Bonchev–Trinajstić information content (AvgIpc) is 2.86. The molecule has 0 radical (unpaired) electrons. The lowest BCUT2D eigenvalue weighted by molar-refractivity contribution is -0.139. The number of alkyl halides is 9. The maximum Gasteiger partial charge on any atom is 0.417 e. The fourth-order valence-corrected chi connectivity index (χ4v) is 3.46. The zero-order chi connectivity index (χ0) is 28.4. The van der Waals surface area contributed by atoms with Gasteiger partial charge in [0.1, 0.15) is 6.61 Å². The summed E-state index contributed by atoms with van der Waals surface area (Å²) in [7, 11) is 0. The van der Waals surface area contributed by atoms with E-state index in [9.17, 15) is 39.5 Å². The van der Waals surface area contributed by atoms with Gasteiger partial charge >= 0.3 is 24.5 Å². The molecule has 14 heteroatoms. The van der Waals surface area contributed by atoms with Crippen LogP contribution in [0.3, 0.4) is 0 Å². The molecule has 0 unspecified atom stereocenters. The minimum absolute atomic E-state index is 0.0395. The van der Waals surface area contributed by atoms with Crippen molar-refractivity contribution in [3.05, 3.63) is 95.1 Å². The number of benzene rings is 3. The molecule has 0 amide bonds. The van der Waals surface area contributed by atoms with Crippen molar-refractivity contribution in [3.8, 4) is 17.4 Å². The lowest BCUT2D eigenvalue weighted by Crippen LogP contribution is -2.12. The number of nitrogens with one attached hydrogen (secondary N) is 1. The van der Waals surface area contributed by atoms with E-state index >= 15 is 0 Å². The molecule has 0 spiro atoms. The van der Waals surface area contributed by atoms with Crippen molar-refractivity contribution in [1.29, 1.82) is 0 Å². The van der Waals surface area contributed by atoms with Gasteiger partial charge < -0.3 is 10.1 Å². The minimum Gasteiger partial charge on any atom is -0.458 e. The topological polar surface area (TPSA) is 59.9 Å². The SMILES string of the molecule is FC(F)(F)c1ccc(Nc2nc(OCc3ccccc3C(F)(F)F)nc(-c3ccccc3C(F)(F)F)n2)cc1. The molecule has 0 saturated carbocycles. The summed E-state index contributed by atoms with van der Waals surface area (Å²) in [5.41, 5.74) is -3.79. The van der Waals surface area contributed by atoms with Crippen LogP contribution < -0.4 is 10.1 Å². The molecular formula is C25H15F9N4O. The molecule has 3 aromatic carbocycles. The Morgan fingerprint density at radius 2 is 1.21 bits per heavy atom. The molecule has 0 saturated heterocycles. The highest BCUT2D eigenvalue weighted by Crippen LogP contribution is 2.37. The van der Waals surface area contributed by atoms with Crippen LogP contribution in [0.25, 0.3) is 11.4 Å². The Hall–Kier alpha value is -4.36. The van der Waals surface area contributed by atoms with Gasteiger partial charge in [-0.05, 0) is 36.4 Å². The molecule has 4 aromatic rings. The van der Waals surface area contributed by atoms with E-state index in [4.69, 9.17) is 4.74 Å². The molecule has 0 aliphatic rings. The summed E-state index contributed by atoms with van der Waals surface area (Å²) < 4.78 is 125. The Kier molecular flexibility index (Phi) is 7.39. The van der Waals surface area contributed by atoms with Gasteiger partial charge in [0.05, 0.1) is 16.7 Å². The van der Waals surface area contributed by atoms with Crippen LogP contribution >= 0.6 is 0 Å². The van der Waals surface area contributed by atoms with Crippen LogP contribution in [0, 0.1) is 0 Å². The third-order valence-electron chi connectivity index (χ3n) is 5.24. The van der Waals surface area contributed by atoms with Crippen LogP contribution in [-0.4, -0.2) is 15.0 Å². The first-order valence-electron chi connectivity index (χ1n) is 10.9. The normalized spacial score (nSPS) is 12.3. The van der Waals surface area contributed by atoms with Crippen molar-refractivity contribution < 1.29 is 44.3 Å².